The van der Waals surface area contributed by atoms with Gasteiger partial charge in [-0.1, -0.05) is 0 Å². The van der Waals surface area contributed by atoms with Gasteiger partial charge in [0.05, 0.1) is 26.7 Å². The van der Waals surface area contributed by atoms with Crippen molar-refractivity contribution in [3.8, 4) is 0 Å². The smallest absolute Gasteiger partial charge is 0.0802 e. The van der Waals surface area contributed by atoms with Gasteiger partial charge in [0.1, 0.15) is 0 Å². The molecule has 0 rings (SSSR count). The molecule has 0 atom stereocenters. The Labute approximate surface area is 100 Å². The Morgan fingerprint density at radius 1 is 1.21 bits per heavy atom. The maximum absolute atomic E-state index is 5.65. The molecular formula is C10H24Cl2N2. The molecule has 0 saturated carbocycles. The lowest BCUT2D eigenvalue weighted by Gasteiger charge is -2.35. The van der Waals surface area contributed by atoms with Crippen molar-refractivity contribution >= 4 is 11.8 Å². The van der Waals surface area contributed by atoms with Gasteiger partial charge in [-0.05, 0) is 39.5 Å². The van der Waals surface area contributed by atoms with Gasteiger partial charge in [0, 0.05) is 12.0 Å². The molecule has 0 unspecified atom stereocenters. The van der Waals surface area contributed by atoms with E-state index in [0.29, 0.717) is 0 Å². The monoisotopic (exact) mass is 242 g/mol. The van der Waals surface area contributed by atoms with Crippen LogP contribution in [-0.2, 0) is 0 Å². The average Bonchev–Trinajstić information content (AvgIpc) is 2.14. The summed E-state index contributed by atoms with van der Waals surface area (Å²) in [6, 6.07) is 0. The SMILES string of the molecule is CC[N+](C)(CC)CCC(C)(C)NCl.[Cl-]. The molecule has 0 bridgehead atoms. The van der Waals surface area contributed by atoms with E-state index < -0.39 is 0 Å². The lowest BCUT2D eigenvalue weighted by molar-refractivity contribution is -0.906. The summed E-state index contributed by atoms with van der Waals surface area (Å²) in [5.74, 6) is 0. The molecule has 4 heteroatoms. The molecule has 0 heterocycles. The van der Waals surface area contributed by atoms with Crippen LogP contribution in [0, 0.1) is 0 Å². The van der Waals surface area contributed by atoms with Crippen molar-refractivity contribution in [2.75, 3.05) is 26.7 Å². The molecule has 0 amide bonds. The first-order chi connectivity index (χ1) is 5.89. The van der Waals surface area contributed by atoms with E-state index >= 15 is 0 Å². The summed E-state index contributed by atoms with van der Waals surface area (Å²) in [5, 5.41) is 0. The van der Waals surface area contributed by atoms with Crippen molar-refractivity contribution < 1.29 is 16.9 Å². The lowest BCUT2D eigenvalue weighted by atomic mass is 10.0. The van der Waals surface area contributed by atoms with Gasteiger partial charge in [0.25, 0.3) is 0 Å². The molecule has 0 aliphatic rings. The maximum Gasteiger partial charge on any atom is 0.0802 e. The summed E-state index contributed by atoms with van der Waals surface area (Å²) < 4.78 is 1.13. The fourth-order valence-corrected chi connectivity index (χ4v) is 1.23. The summed E-state index contributed by atoms with van der Waals surface area (Å²) >= 11 is 5.65. The third-order valence-corrected chi connectivity index (χ3v) is 3.57. The van der Waals surface area contributed by atoms with Crippen LogP contribution in [0.5, 0.6) is 0 Å². The van der Waals surface area contributed by atoms with Crippen molar-refractivity contribution in [2.45, 2.75) is 39.7 Å². The number of hydrogen-bond donors (Lipinski definition) is 1. The number of halogens is 2. The van der Waals surface area contributed by atoms with Crippen LogP contribution in [0.15, 0.2) is 0 Å². The zero-order valence-electron chi connectivity index (χ0n) is 10.0. The Hall–Kier alpha value is 0.500. The number of hydrogen-bond acceptors (Lipinski definition) is 1. The Kier molecular flexibility index (Phi) is 8.32. The molecule has 0 aromatic rings. The fraction of sp³-hybridized carbons (Fsp3) is 1.00. The largest absolute Gasteiger partial charge is 1.00 e. The van der Waals surface area contributed by atoms with E-state index in [9.17, 15) is 0 Å². The molecule has 2 nitrogen and oxygen atoms in total. The molecule has 0 fully saturated rings. The molecule has 0 spiro atoms. The van der Waals surface area contributed by atoms with Crippen molar-refractivity contribution in [3.05, 3.63) is 0 Å². The molecule has 88 valence electrons. The lowest BCUT2D eigenvalue weighted by Crippen LogP contribution is -3.00. The predicted octanol–water partition coefficient (Wildman–Crippen LogP) is -0.611. The summed E-state index contributed by atoms with van der Waals surface area (Å²) in [4.78, 5) is 2.82. The fourth-order valence-electron chi connectivity index (χ4n) is 1.14. The highest BCUT2D eigenvalue weighted by molar-refractivity contribution is 6.13. The molecular weight excluding hydrogens is 219 g/mol. The van der Waals surface area contributed by atoms with E-state index in [2.05, 4.69) is 39.6 Å². The first kappa shape index (κ1) is 16.9. The topological polar surface area (TPSA) is 12.0 Å². The van der Waals surface area contributed by atoms with E-state index in [0.717, 1.165) is 10.9 Å². The Morgan fingerprint density at radius 3 is 1.93 bits per heavy atom. The molecule has 0 aliphatic heterocycles. The minimum absolute atomic E-state index is 0. The van der Waals surface area contributed by atoms with Crippen LogP contribution < -0.4 is 17.2 Å². The van der Waals surface area contributed by atoms with Crippen molar-refractivity contribution in [2.24, 2.45) is 0 Å². The van der Waals surface area contributed by atoms with Gasteiger partial charge in [-0.2, -0.15) is 0 Å². The van der Waals surface area contributed by atoms with Crippen LogP contribution >= 0.6 is 11.8 Å². The minimum atomic E-state index is 0. The van der Waals surface area contributed by atoms with Gasteiger partial charge in [0.15, 0.2) is 0 Å². The molecule has 0 aromatic carbocycles. The molecule has 0 radical (unpaired) electrons. The maximum atomic E-state index is 5.65. The van der Waals surface area contributed by atoms with E-state index in [4.69, 9.17) is 11.8 Å². The summed E-state index contributed by atoms with van der Waals surface area (Å²) in [6.45, 7) is 12.3. The zero-order chi connectivity index (χ0) is 10.5. The van der Waals surface area contributed by atoms with E-state index in [-0.39, 0.29) is 17.9 Å². The average molecular weight is 243 g/mol. The quantitative estimate of drug-likeness (QED) is 0.485. The van der Waals surface area contributed by atoms with Crippen LogP contribution in [-0.4, -0.2) is 36.7 Å². The standard InChI is InChI=1S/C10H24ClN2.ClH/c1-6-13(5,7-2)9-8-10(3,4)12-11;/h12H,6-9H2,1-5H3;1H/q+1;/p-1. The van der Waals surface area contributed by atoms with Crippen LogP contribution in [0.1, 0.15) is 34.1 Å². The Bertz CT molecular complexity index is 145. The van der Waals surface area contributed by atoms with Gasteiger partial charge in [-0.15, -0.1) is 0 Å². The first-order valence-corrected chi connectivity index (χ1v) is 5.48. The summed E-state index contributed by atoms with van der Waals surface area (Å²) in [6.07, 6.45) is 1.11. The van der Waals surface area contributed by atoms with Crippen LogP contribution in [0.2, 0.25) is 0 Å². The van der Waals surface area contributed by atoms with Gasteiger partial charge < -0.3 is 16.9 Å². The zero-order valence-corrected chi connectivity index (χ0v) is 11.5. The van der Waals surface area contributed by atoms with Gasteiger partial charge >= 0.3 is 0 Å². The van der Waals surface area contributed by atoms with Crippen LogP contribution in [0.25, 0.3) is 0 Å². The van der Waals surface area contributed by atoms with Crippen LogP contribution in [0.3, 0.4) is 0 Å². The number of rotatable bonds is 6. The van der Waals surface area contributed by atoms with Gasteiger partial charge in [0.2, 0.25) is 0 Å². The third-order valence-electron chi connectivity index (χ3n) is 3.06. The first-order valence-electron chi connectivity index (χ1n) is 5.10. The highest BCUT2D eigenvalue weighted by Gasteiger charge is 2.23. The summed E-state index contributed by atoms with van der Waals surface area (Å²) in [5.41, 5.74) is 0.0470. The van der Waals surface area contributed by atoms with E-state index in [1.807, 2.05) is 0 Å². The van der Waals surface area contributed by atoms with E-state index in [1.54, 1.807) is 0 Å². The van der Waals surface area contributed by atoms with Crippen molar-refractivity contribution in [1.82, 2.24) is 4.84 Å². The Balaban J connectivity index is 0. The highest BCUT2D eigenvalue weighted by Crippen LogP contribution is 2.13. The molecule has 0 aromatic heterocycles. The minimum Gasteiger partial charge on any atom is -1.00 e. The van der Waals surface area contributed by atoms with Crippen LogP contribution in [0.4, 0.5) is 0 Å². The number of nitrogens with zero attached hydrogens (tertiary/aromatic N) is 1. The number of quaternary nitrogens is 1. The van der Waals surface area contributed by atoms with E-state index in [1.165, 1.54) is 19.6 Å². The highest BCUT2D eigenvalue weighted by atomic mass is 35.5. The number of nitrogens with one attached hydrogen (secondary N) is 1. The van der Waals surface area contributed by atoms with Gasteiger partial charge in [-0.25, -0.2) is 4.84 Å². The Morgan fingerprint density at radius 2 is 1.64 bits per heavy atom. The molecule has 0 saturated heterocycles. The second kappa shape index (κ2) is 6.89. The van der Waals surface area contributed by atoms with Gasteiger partial charge in [-0.3, -0.25) is 0 Å². The van der Waals surface area contributed by atoms with Crippen molar-refractivity contribution in [1.29, 1.82) is 0 Å². The molecule has 0 aliphatic carbocycles. The van der Waals surface area contributed by atoms with Crippen molar-refractivity contribution in [3.63, 3.8) is 0 Å². The molecule has 14 heavy (non-hydrogen) atoms. The second-order valence-electron chi connectivity index (χ2n) is 4.70. The second-order valence-corrected chi connectivity index (χ2v) is 4.89. The molecule has 1 N–H and O–H groups in total. The third kappa shape index (κ3) is 6.07. The normalized spacial score (nSPS) is 12.4. The predicted molar refractivity (Wildman–Crippen MR) is 59.8 cm³/mol. The summed E-state index contributed by atoms with van der Waals surface area (Å²) in [7, 11) is 2.30.